The lowest BCUT2D eigenvalue weighted by molar-refractivity contribution is -0.150. The zero-order chi connectivity index (χ0) is 12.9. The highest BCUT2D eigenvalue weighted by Gasteiger charge is 2.51. The molecule has 0 saturated heterocycles. The van der Waals surface area contributed by atoms with Crippen molar-refractivity contribution in [2.24, 2.45) is 11.8 Å². The first-order valence-corrected chi connectivity index (χ1v) is 7.18. The monoisotopic (exact) mass is 240 g/mol. The first-order valence-electron chi connectivity index (χ1n) is 7.18. The minimum atomic E-state index is -0.480. The normalized spacial score (nSPS) is 32.9. The van der Waals surface area contributed by atoms with Gasteiger partial charge in [-0.2, -0.15) is 0 Å². The Bertz CT molecular complexity index is 237. The summed E-state index contributed by atoms with van der Waals surface area (Å²) in [5.41, 5.74) is -0.480. The Morgan fingerprint density at radius 2 is 1.76 bits per heavy atom. The van der Waals surface area contributed by atoms with Crippen LogP contribution >= 0.6 is 0 Å². The molecule has 0 aromatic carbocycles. The Morgan fingerprint density at radius 3 is 2.24 bits per heavy atom. The van der Waals surface area contributed by atoms with E-state index in [1.54, 1.807) is 7.11 Å². The summed E-state index contributed by atoms with van der Waals surface area (Å²) in [7, 11) is 1.71. The Labute approximate surface area is 106 Å². The molecule has 2 nitrogen and oxygen atoms in total. The van der Waals surface area contributed by atoms with Gasteiger partial charge < -0.3 is 4.74 Å². The molecule has 1 rings (SSSR count). The lowest BCUT2D eigenvalue weighted by atomic mass is 9.80. The quantitative estimate of drug-likeness (QED) is 0.629. The Kier molecular flexibility index (Phi) is 5.64. The lowest BCUT2D eigenvalue weighted by Crippen LogP contribution is -2.47. The number of ether oxygens (including phenoxy) is 1. The number of hydrogen-bond donors (Lipinski definition) is 0. The largest absolute Gasteiger partial charge is 0.370 e. The maximum Gasteiger partial charge on any atom is 0.165 e. The van der Waals surface area contributed by atoms with Gasteiger partial charge in [0.2, 0.25) is 0 Å². The second-order valence-electron chi connectivity index (χ2n) is 5.61. The van der Waals surface area contributed by atoms with Crippen molar-refractivity contribution >= 4 is 5.78 Å². The van der Waals surface area contributed by atoms with Crippen molar-refractivity contribution in [3.63, 3.8) is 0 Å². The van der Waals surface area contributed by atoms with Crippen LogP contribution in [0.25, 0.3) is 0 Å². The van der Waals surface area contributed by atoms with Gasteiger partial charge in [0.25, 0.3) is 0 Å². The first kappa shape index (κ1) is 14.7. The summed E-state index contributed by atoms with van der Waals surface area (Å²) in [5, 5.41) is 0. The second kappa shape index (κ2) is 6.53. The van der Waals surface area contributed by atoms with E-state index in [-0.39, 0.29) is 0 Å². The van der Waals surface area contributed by atoms with Gasteiger partial charge in [-0.15, -0.1) is 0 Å². The van der Waals surface area contributed by atoms with Gasteiger partial charge in [-0.3, -0.25) is 4.79 Å². The summed E-state index contributed by atoms with van der Waals surface area (Å²) in [4.78, 5) is 12.5. The van der Waals surface area contributed by atoms with Crippen LogP contribution in [0.4, 0.5) is 0 Å². The Morgan fingerprint density at radius 1 is 1.18 bits per heavy atom. The zero-order valence-corrected chi connectivity index (χ0v) is 11.9. The second-order valence-corrected chi connectivity index (χ2v) is 5.61. The van der Waals surface area contributed by atoms with Gasteiger partial charge >= 0.3 is 0 Å². The number of carbonyl (C=O) groups excluding carboxylic acids is 1. The molecule has 0 aliphatic heterocycles. The van der Waals surface area contributed by atoms with E-state index in [9.17, 15) is 4.79 Å². The predicted octanol–water partition coefficient (Wildman–Crippen LogP) is 3.98. The van der Waals surface area contributed by atoms with Gasteiger partial charge in [0, 0.05) is 13.5 Å². The summed E-state index contributed by atoms with van der Waals surface area (Å²) in [6, 6.07) is 0. The van der Waals surface area contributed by atoms with E-state index in [2.05, 4.69) is 20.8 Å². The molecule has 0 aromatic heterocycles. The predicted molar refractivity (Wildman–Crippen MR) is 71.1 cm³/mol. The van der Waals surface area contributed by atoms with Crippen LogP contribution in [0.5, 0.6) is 0 Å². The fraction of sp³-hybridized carbons (Fsp3) is 0.933. The average molecular weight is 240 g/mol. The molecule has 0 bridgehead atoms. The van der Waals surface area contributed by atoms with Crippen LogP contribution < -0.4 is 0 Å². The van der Waals surface area contributed by atoms with E-state index >= 15 is 0 Å². The van der Waals surface area contributed by atoms with Crippen LogP contribution in [-0.2, 0) is 9.53 Å². The molecule has 2 atom stereocenters. The fourth-order valence-electron chi connectivity index (χ4n) is 3.39. The highest BCUT2D eigenvalue weighted by atomic mass is 16.5. The molecular weight excluding hydrogens is 212 g/mol. The molecule has 2 unspecified atom stereocenters. The number of Topliss-reactive ketones (excluding diaryl/α,β-unsaturated/α-hetero) is 1. The third-order valence-electron chi connectivity index (χ3n) is 4.53. The van der Waals surface area contributed by atoms with Crippen LogP contribution in [0, 0.1) is 11.8 Å². The minimum absolute atomic E-state index is 0.341. The van der Waals surface area contributed by atoms with Crippen LogP contribution in [0.15, 0.2) is 0 Å². The van der Waals surface area contributed by atoms with E-state index in [1.807, 2.05) is 0 Å². The average Bonchev–Trinajstić information content (AvgIpc) is 2.61. The van der Waals surface area contributed by atoms with Crippen LogP contribution in [-0.4, -0.2) is 18.5 Å². The summed E-state index contributed by atoms with van der Waals surface area (Å²) >= 11 is 0. The van der Waals surface area contributed by atoms with Crippen molar-refractivity contribution in [1.29, 1.82) is 0 Å². The number of unbranched alkanes of at least 4 members (excludes halogenated alkanes) is 3. The molecule has 0 radical (unpaired) electrons. The smallest absolute Gasteiger partial charge is 0.165 e. The molecular formula is C15H28O2. The highest BCUT2D eigenvalue weighted by molar-refractivity contribution is 5.88. The number of methoxy groups -OCH3 is 1. The van der Waals surface area contributed by atoms with Gasteiger partial charge in [0.15, 0.2) is 5.78 Å². The van der Waals surface area contributed by atoms with Gasteiger partial charge in [-0.1, -0.05) is 40.0 Å². The van der Waals surface area contributed by atoms with Gasteiger partial charge in [-0.25, -0.2) is 0 Å². The molecule has 1 saturated carbocycles. The summed E-state index contributed by atoms with van der Waals surface area (Å²) in [5.74, 6) is 1.09. The van der Waals surface area contributed by atoms with E-state index in [4.69, 9.17) is 4.74 Å². The lowest BCUT2D eigenvalue weighted by Gasteiger charge is -2.35. The third kappa shape index (κ3) is 2.90. The Hall–Kier alpha value is -0.370. The molecule has 1 fully saturated rings. The fourth-order valence-corrected chi connectivity index (χ4v) is 3.39. The van der Waals surface area contributed by atoms with E-state index in [1.165, 1.54) is 19.3 Å². The summed E-state index contributed by atoms with van der Waals surface area (Å²) in [6.45, 7) is 6.52. The molecule has 2 heteroatoms. The molecule has 0 heterocycles. The molecule has 0 N–H and O–H groups in total. The highest BCUT2D eigenvalue weighted by Crippen LogP contribution is 2.44. The van der Waals surface area contributed by atoms with Gasteiger partial charge in [0.05, 0.1) is 0 Å². The summed E-state index contributed by atoms with van der Waals surface area (Å²) < 4.78 is 5.69. The Balaban J connectivity index is 2.57. The van der Waals surface area contributed by atoms with Crippen LogP contribution in [0.1, 0.15) is 65.7 Å². The molecule has 1 aliphatic carbocycles. The molecule has 17 heavy (non-hydrogen) atoms. The SMILES string of the molecule is CCCCCCC(=O)C1(OC)C(C)CCC1C. The van der Waals surface area contributed by atoms with Gasteiger partial charge in [0.1, 0.15) is 5.60 Å². The number of hydrogen-bond acceptors (Lipinski definition) is 2. The van der Waals surface area contributed by atoms with Crippen molar-refractivity contribution < 1.29 is 9.53 Å². The van der Waals surface area contributed by atoms with Crippen LogP contribution in [0.3, 0.4) is 0 Å². The zero-order valence-electron chi connectivity index (χ0n) is 11.9. The molecule has 0 aromatic rings. The number of rotatable bonds is 7. The topological polar surface area (TPSA) is 26.3 Å². The van der Waals surface area contributed by atoms with Crippen molar-refractivity contribution in [3.8, 4) is 0 Å². The minimum Gasteiger partial charge on any atom is -0.370 e. The van der Waals surface area contributed by atoms with Crippen molar-refractivity contribution in [2.75, 3.05) is 7.11 Å². The van der Waals surface area contributed by atoms with E-state index < -0.39 is 5.60 Å². The van der Waals surface area contributed by atoms with Crippen molar-refractivity contribution in [3.05, 3.63) is 0 Å². The van der Waals surface area contributed by atoms with E-state index in [0.29, 0.717) is 24.0 Å². The molecule has 100 valence electrons. The first-order chi connectivity index (χ1) is 8.09. The number of carbonyl (C=O) groups is 1. The number of ketones is 1. The maximum absolute atomic E-state index is 12.5. The van der Waals surface area contributed by atoms with Gasteiger partial charge in [-0.05, 0) is 31.1 Å². The van der Waals surface area contributed by atoms with Crippen molar-refractivity contribution in [2.45, 2.75) is 71.3 Å². The van der Waals surface area contributed by atoms with Crippen molar-refractivity contribution in [1.82, 2.24) is 0 Å². The van der Waals surface area contributed by atoms with Crippen LogP contribution in [0.2, 0.25) is 0 Å². The van der Waals surface area contributed by atoms with E-state index in [0.717, 1.165) is 19.3 Å². The standard InChI is InChI=1S/C15H28O2/c1-5-6-7-8-9-14(16)15(17-4)12(2)10-11-13(15)3/h12-13H,5-11H2,1-4H3. The molecule has 0 spiro atoms. The molecule has 1 aliphatic rings. The molecule has 0 amide bonds. The maximum atomic E-state index is 12.5. The third-order valence-corrected chi connectivity index (χ3v) is 4.53. The summed E-state index contributed by atoms with van der Waals surface area (Å²) in [6.07, 6.45) is 7.59.